The molecule has 1 aromatic heterocycles. The Balaban J connectivity index is 1.76. The predicted molar refractivity (Wildman–Crippen MR) is 85.2 cm³/mol. The van der Waals surface area contributed by atoms with E-state index in [1.54, 1.807) is 0 Å². The largest absolute Gasteiger partial charge is 0.371 e. The lowest BCUT2D eigenvalue weighted by molar-refractivity contribution is -0.00952. The van der Waals surface area contributed by atoms with Crippen LogP contribution in [0.1, 0.15) is 40.6 Å². The first-order valence-electron chi connectivity index (χ1n) is 7.68. The van der Waals surface area contributed by atoms with Gasteiger partial charge in [-0.15, -0.1) is 0 Å². The first kappa shape index (κ1) is 15.4. The zero-order valence-corrected chi connectivity index (χ0v) is 12.9. The number of ether oxygens (including phenoxy) is 1. The molecule has 0 saturated carbocycles. The molecule has 2 atom stereocenters. The minimum atomic E-state index is -0.333. The third-order valence-electron chi connectivity index (χ3n) is 3.96. The Morgan fingerprint density at radius 3 is 2.74 bits per heavy atom. The number of aryl methyl sites for hydroxylation is 1. The fourth-order valence-corrected chi connectivity index (χ4v) is 2.73. The van der Waals surface area contributed by atoms with E-state index >= 15 is 0 Å². The van der Waals surface area contributed by atoms with Crippen LogP contribution in [0.2, 0.25) is 0 Å². The van der Waals surface area contributed by atoms with Gasteiger partial charge in [0.15, 0.2) is 0 Å². The van der Waals surface area contributed by atoms with Crippen LogP contribution in [0.15, 0.2) is 41.2 Å². The van der Waals surface area contributed by atoms with E-state index in [2.05, 4.69) is 15.5 Å². The van der Waals surface area contributed by atoms with E-state index in [4.69, 9.17) is 4.74 Å². The van der Waals surface area contributed by atoms with Crippen molar-refractivity contribution in [1.29, 1.82) is 0 Å². The number of amides is 1. The van der Waals surface area contributed by atoms with Gasteiger partial charge in [0.25, 0.3) is 11.5 Å². The van der Waals surface area contributed by atoms with Crippen LogP contribution in [0, 0.1) is 6.92 Å². The second-order valence-electron chi connectivity index (χ2n) is 5.73. The van der Waals surface area contributed by atoms with E-state index in [1.807, 2.05) is 31.2 Å². The van der Waals surface area contributed by atoms with Crippen LogP contribution in [-0.2, 0) is 4.74 Å². The molecule has 0 unspecified atom stereocenters. The Morgan fingerprint density at radius 2 is 2.04 bits per heavy atom. The summed E-state index contributed by atoms with van der Waals surface area (Å²) in [7, 11) is 0. The van der Waals surface area contributed by atoms with Crippen LogP contribution in [0.25, 0.3) is 0 Å². The number of aromatic nitrogens is 2. The Morgan fingerprint density at radius 1 is 1.26 bits per heavy atom. The zero-order chi connectivity index (χ0) is 16.2. The quantitative estimate of drug-likeness (QED) is 0.904. The van der Waals surface area contributed by atoms with Crippen molar-refractivity contribution < 1.29 is 9.53 Å². The lowest BCUT2D eigenvalue weighted by Crippen LogP contribution is -2.43. The summed E-state index contributed by atoms with van der Waals surface area (Å²) in [5.41, 5.74) is 2.09. The fraction of sp³-hybridized carbons (Fsp3) is 0.353. The van der Waals surface area contributed by atoms with Gasteiger partial charge in [-0.05, 0) is 31.4 Å². The van der Waals surface area contributed by atoms with Crippen molar-refractivity contribution in [2.24, 2.45) is 0 Å². The Bertz CT molecular complexity index is 719. The second kappa shape index (κ2) is 6.75. The van der Waals surface area contributed by atoms with Crippen molar-refractivity contribution in [3.05, 3.63) is 63.6 Å². The topological polar surface area (TPSA) is 84.1 Å². The van der Waals surface area contributed by atoms with Gasteiger partial charge >= 0.3 is 0 Å². The summed E-state index contributed by atoms with van der Waals surface area (Å²) in [6.45, 7) is 2.72. The van der Waals surface area contributed by atoms with E-state index in [1.165, 1.54) is 17.7 Å². The van der Waals surface area contributed by atoms with Gasteiger partial charge in [0.1, 0.15) is 11.8 Å². The number of nitrogens with zero attached hydrogens (tertiary/aromatic N) is 1. The first-order valence-corrected chi connectivity index (χ1v) is 7.68. The summed E-state index contributed by atoms with van der Waals surface area (Å²) in [4.78, 5) is 23.3. The highest BCUT2D eigenvalue weighted by Crippen LogP contribution is 2.28. The average Bonchev–Trinajstić information content (AvgIpc) is 2.57. The highest BCUT2D eigenvalue weighted by molar-refractivity contribution is 5.92. The normalized spacial score (nSPS) is 20.9. The van der Waals surface area contributed by atoms with Crippen molar-refractivity contribution in [2.45, 2.75) is 31.9 Å². The van der Waals surface area contributed by atoms with Crippen LogP contribution >= 0.6 is 0 Å². The van der Waals surface area contributed by atoms with Gasteiger partial charge in [-0.2, -0.15) is 5.10 Å². The summed E-state index contributed by atoms with van der Waals surface area (Å²) in [6, 6.07) is 10.7. The molecule has 1 amide bonds. The molecule has 2 aromatic rings. The number of carbonyl (C=O) groups excluding carboxylic acids is 1. The summed E-state index contributed by atoms with van der Waals surface area (Å²) < 4.78 is 5.88. The minimum absolute atomic E-state index is 0.118. The van der Waals surface area contributed by atoms with E-state index in [0.717, 1.165) is 18.4 Å². The molecule has 2 heterocycles. The number of H-pyrrole nitrogens is 1. The van der Waals surface area contributed by atoms with Crippen LogP contribution in [0.5, 0.6) is 0 Å². The molecule has 6 heteroatoms. The summed E-state index contributed by atoms with van der Waals surface area (Å²) >= 11 is 0. The molecule has 3 rings (SSSR count). The molecule has 120 valence electrons. The van der Waals surface area contributed by atoms with Crippen molar-refractivity contribution in [3.63, 3.8) is 0 Å². The lowest BCUT2D eigenvalue weighted by Gasteiger charge is -2.32. The molecule has 0 aliphatic carbocycles. The van der Waals surface area contributed by atoms with Crippen LogP contribution < -0.4 is 10.9 Å². The number of benzene rings is 1. The SMILES string of the molecule is Cc1ccc([C@@H]2OCCC[C@H]2NC(=O)c2ccc(=O)[nH]n2)cc1. The molecule has 6 nitrogen and oxygen atoms in total. The molecule has 0 bridgehead atoms. The summed E-state index contributed by atoms with van der Waals surface area (Å²) in [5, 5.41) is 9.00. The summed E-state index contributed by atoms with van der Waals surface area (Å²) in [6.07, 6.45) is 1.57. The number of nitrogens with one attached hydrogen (secondary N) is 2. The van der Waals surface area contributed by atoms with Gasteiger partial charge in [0.05, 0.1) is 6.04 Å². The van der Waals surface area contributed by atoms with Crippen LogP contribution in [-0.4, -0.2) is 28.8 Å². The molecule has 0 radical (unpaired) electrons. The maximum Gasteiger partial charge on any atom is 0.272 e. The van der Waals surface area contributed by atoms with Gasteiger partial charge in [0.2, 0.25) is 0 Å². The Kier molecular flexibility index (Phi) is 4.52. The van der Waals surface area contributed by atoms with E-state index in [9.17, 15) is 9.59 Å². The lowest BCUT2D eigenvalue weighted by atomic mass is 9.95. The van der Waals surface area contributed by atoms with Crippen molar-refractivity contribution in [2.75, 3.05) is 6.61 Å². The van der Waals surface area contributed by atoms with E-state index < -0.39 is 0 Å². The highest BCUT2D eigenvalue weighted by atomic mass is 16.5. The number of hydrogen-bond acceptors (Lipinski definition) is 4. The fourth-order valence-electron chi connectivity index (χ4n) is 2.73. The van der Waals surface area contributed by atoms with Crippen LogP contribution in [0.3, 0.4) is 0 Å². The molecule has 2 N–H and O–H groups in total. The Labute approximate surface area is 133 Å². The number of aromatic amines is 1. The van der Waals surface area contributed by atoms with E-state index in [-0.39, 0.29) is 29.3 Å². The number of rotatable bonds is 3. The standard InChI is InChI=1S/C17H19N3O3/c1-11-4-6-12(7-5-11)16-13(3-2-10-23-16)18-17(22)14-8-9-15(21)20-19-14/h4-9,13,16H,2-3,10H2,1H3,(H,18,22)(H,20,21)/t13-,16+/m1/s1. The molecule has 1 aliphatic heterocycles. The summed E-state index contributed by atoms with van der Waals surface area (Å²) in [5.74, 6) is -0.311. The number of hydrogen-bond donors (Lipinski definition) is 2. The zero-order valence-electron chi connectivity index (χ0n) is 12.9. The first-order chi connectivity index (χ1) is 11.1. The maximum atomic E-state index is 12.3. The molecular weight excluding hydrogens is 294 g/mol. The van der Waals surface area contributed by atoms with Crippen molar-refractivity contribution in [1.82, 2.24) is 15.5 Å². The molecule has 23 heavy (non-hydrogen) atoms. The molecule has 1 aromatic carbocycles. The predicted octanol–water partition coefficient (Wildman–Crippen LogP) is 1.73. The average molecular weight is 313 g/mol. The monoisotopic (exact) mass is 313 g/mol. The van der Waals surface area contributed by atoms with Gasteiger partial charge < -0.3 is 10.1 Å². The molecule has 1 aliphatic rings. The third-order valence-corrected chi connectivity index (χ3v) is 3.96. The minimum Gasteiger partial charge on any atom is -0.371 e. The second-order valence-corrected chi connectivity index (χ2v) is 5.73. The Hall–Kier alpha value is -2.47. The molecular formula is C17H19N3O3. The van der Waals surface area contributed by atoms with Gasteiger partial charge in [-0.25, -0.2) is 5.10 Å². The maximum absolute atomic E-state index is 12.3. The molecule has 1 fully saturated rings. The van der Waals surface area contributed by atoms with Crippen molar-refractivity contribution in [3.8, 4) is 0 Å². The molecule has 1 saturated heterocycles. The van der Waals surface area contributed by atoms with Crippen molar-refractivity contribution >= 4 is 5.91 Å². The van der Waals surface area contributed by atoms with E-state index in [0.29, 0.717) is 6.61 Å². The smallest absolute Gasteiger partial charge is 0.272 e. The third kappa shape index (κ3) is 3.65. The van der Waals surface area contributed by atoms with Gasteiger partial charge in [-0.3, -0.25) is 9.59 Å². The highest BCUT2D eigenvalue weighted by Gasteiger charge is 2.29. The molecule has 0 spiro atoms. The van der Waals surface area contributed by atoms with Gasteiger partial charge in [0, 0.05) is 12.7 Å². The van der Waals surface area contributed by atoms with Gasteiger partial charge in [-0.1, -0.05) is 29.8 Å². The number of carbonyl (C=O) groups is 1. The van der Waals surface area contributed by atoms with Crippen LogP contribution in [0.4, 0.5) is 0 Å².